The van der Waals surface area contributed by atoms with E-state index < -0.39 is 17.9 Å². The molecule has 5 nitrogen and oxygen atoms in total. The lowest BCUT2D eigenvalue weighted by Gasteiger charge is -2.12. The number of primary amides is 1. The number of rotatable bonds is 5. The Morgan fingerprint density at radius 1 is 1.14 bits per heavy atom. The zero-order valence-electron chi connectivity index (χ0n) is 16.0. The first-order valence-corrected chi connectivity index (χ1v) is 9.30. The predicted molar refractivity (Wildman–Crippen MR) is 114 cm³/mol. The van der Waals surface area contributed by atoms with Gasteiger partial charge >= 0.3 is 0 Å². The third-order valence-electron chi connectivity index (χ3n) is 4.75. The van der Waals surface area contributed by atoms with E-state index in [1.165, 1.54) is 6.92 Å². The minimum atomic E-state index is -0.789. The lowest BCUT2D eigenvalue weighted by Crippen LogP contribution is -2.42. The summed E-state index contributed by atoms with van der Waals surface area (Å²) < 4.78 is 0. The molecule has 0 aliphatic carbocycles. The first kappa shape index (κ1) is 19.7. The average molecular weight is 396 g/mol. The average Bonchev–Trinajstić information content (AvgIpc) is 3.11. The summed E-state index contributed by atoms with van der Waals surface area (Å²) in [5.74, 6) is -1.15. The molecule has 144 valence electrons. The number of nitrogens with one attached hydrogen (secondary N) is 2. The van der Waals surface area contributed by atoms with Gasteiger partial charge in [0.1, 0.15) is 11.1 Å². The maximum atomic E-state index is 12.1. The minimum absolute atomic E-state index is 0.00269. The Labute approximate surface area is 168 Å². The van der Waals surface area contributed by atoms with Crippen LogP contribution < -0.4 is 11.1 Å². The fraction of sp³-hybridized carbons (Fsp3) is 0.182. The van der Waals surface area contributed by atoms with E-state index in [9.17, 15) is 9.59 Å². The summed E-state index contributed by atoms with van der Waals surface area (Å²) in [5.41, 5.74) is 11.4. The van der Waals surface area contributed by atoms with Crippen molar-refractivity contribution in [3.05, 3.63) is 64.3 Å². The van der Waals surface area contributed by atoms with Gasteiger partial charge in [0.2, 0.25) is 5.91 Å². The van der Waals surface area contributed by atoms with Crippen molar-refractivity contribution >= 4 is 40.4 Å². The van der Waals surface area contributed by atoms with E-state index in [4.69, 9.17) is 17.3 Å². The fourth-order valence-electron chi connectivity index (χ4n) is 3.06. The zero-order valence-corrected chi connectivity index (χ0v) is 16.7. The van der Waals surface area contributed by atoms with Gasteiger partial charge in [-0.15, -0.1) is 0 Å². The number of carbonyl (C=O) groups excluding carboxylic acids is 2. The number of carbonyl (C=O) groups is 2. The molecule has 28 heavy (non-hydrogen) atoms. The molecular weight excluding hydrogens is 374 g/mol. The van der Waals surface area contributed by atoms with Crippen molar-refractivity contribution in [3.63, 3.8) is 0 Å². The van der Waals surface area contributed by atoms with Crippen molar-refractivity contribution in [1.82, 2.24) is 10.3 Å². The van der Waals surface area contributed by atoms with Gasteiger partial charge in [-0.2, -0.15) is 0 Å². The van der Waals surface area contributed by atoms with E-state index >= 15 is 0 Å². The van der Waals surface area contributed by atoms with E-state index in [1.807, 2.05) is 32.2 Å². The van der Waals surface area contributed by atoms with Crippen molar-refractivity contribution in [2.75, 3.05) is 0 Å². The van der Waals surface area contributed by atoms with Crippen LogP contribution in [0.15, 0.2) is 47.6 Å². The zero-order chi connectivity index (χ0) is 20.4. The van der Waals surface area contributed by atoms with Crippen LogP contribution in [0.2, 0.25) is 0 Å². The van der Waals surface area contributed by atoms with Crippen molar-refractivity contribution < 1.29 is 9.59 Å². The predicted octanol–water partition coefficient (Wildman–Crippen LogP) is 4.02. The van der Waals surface area contributed by atoms with Crippen molar-refractivity contribution in [1.29, 1.82) is 0 Å². The number of benzene rings is 2. The number of fused-ring (bicyclic) bond motifs is 1. The topological polar surface area (TPSA) is 88.0 Å². The summed E-state index contributed by atoms with van der Waals surface area (Å²) in [5, 5.41) is 3.62. The van der Waals surface area contributed by atoms with Gasteiger partial charge in [-0.05, 0) is 78.2 Å². The van der Waals surface area contributed by atoms with Crippen LogP contribution in [0.3, 0.4) is 0 Å². The molecule has 1 atom stereocenters. The number of aromatic nitrogens is 1. The fourth-order valence-corrected chi connectivity index (χ4v) is 3.24. The molecule has 0 radical (unpaired) electrons. The Morgan fingerprint density at radius 2 is 1.89 bits per heavy atom. The Balaban J connectivity index is 1.91. The Bertz CT molecular complexity index is 1100. The van der Waals surface area contributed by atoms with Gasteiger partial charge in [-0.25, -0.2) is 0 Å². The third-order valence-corrected chi connectivity index (χ3v) is 5.03. The summed E-state index contributed by atoms with van der Waals surface area (Å²) in [7, 11) is 0. The maximum absolute atomic E-state index is 12.1. The molecule has 0 saturated heterocycles. The Hall–Kier alpha value is -3.05. The molecule has 1 aromatic heterocycles. The number of aromatic amines is 1. The Morgan fingerprint density at radius 3 is 2.61 bits per heavy atom. The Kier molecular flexibility index (Phi) is 5.56. The molecule has 0 bridgehead atoms. The number of hydrogen-bond acceptors (Lipinski definition) is 2. The second-order valence-corrected chi connectivity index (χ2v) is 7.30. The largest absolute Gasteiger partial charge is 0.368 e. The van der Waals surface area contributed by atoms with Crippen molar-refractivity contribution in [3.8, 4) is 11.1 Å². The smallest absolute Gasteiger partial charge is 0.263 e. The number of halogens is 1. The summed E-state index contributed by atoms with van der Waals surface area (Å²) in [6.45, 7) is 5.50. The lowest BCUT2D eigenvalue weighted by atomic mass is 9.94. The van der Waals surface area contributed by atoms with Gasteiger partial charge < -0.3 is 16.0 Å². The lowest BCUT2D eigenvalue weighted by molar-refractivity contribution is -0.124. The quantitative estimate of drug-likeness (QED) is 0.569. The SMILES string of the molecule is Cc1cc(-c2ccc3[nH]ccc3c2)c(C)cc1/C=C(\Cl)C(=O)N[C@H](C)C(N)=O. The standard InChI is InChI=1S/C22H22ClN3O2/c1-12-9-18(15-4-5-20-16(10-15)6-7-25-20)13(2)8-17(12)11-19(23)22(28)26-14(3)21(24)27/h4-11,14,25H,1-3H3,(H2,24,27)(H,26,28)/b19-11-/t14-/m1/s1. The number of nitrogens with two attached hydrogens (primary N) is 1. The van der Waals surface area contributed by atoms with Gasteiger partial charge in [0, 0.05) is 11.7 Å². The molecule has 0 saturated carbocycles. The van der Waals surface area contributed by atoms with E-state index in [0.29, 0.717) is 0 Å². The molecule has 0 spiro atoms. The highest BCUT2D eigenvalue weighted by molar-refractivity contribution is 6.44. The van der Waals surface area contributed by atoms with E-state index in [-0.39, 0.29) is 5.03 Å². The van der Waals surface area contributed by atoms with Crippen LogP contribution in [0.1, 0.15) is 23.6 Å². The third kappa shape index (κ3) is 4.10. The summed E-state index contributed by atoms with van der Waals surface area (Å²) in [4.78, 5) is 26.4. The highest BCUT2D eigenvalue weighted by Crippen LogP contribution is 2.30. The molecule has 0 aliphatic rings. The number of H-pyrrole nitrogens is 1. The van der Waals surface area contributed by atoms with Crippen molar-refractivity contribution in [2.45, 2.75) is 26.8 Å². The van der Waals surface area contributed by atoms with Crippen LogP contribution >= 0.6 is 11.6 Å². The molecule has 0 fully saturated rings. The van der Waals surface area contributed by atoms with E-state index in [0.717, 1.165) is 38.7 Å². The molecule has 2 aromatic carbocycles. The molecule has 3 rings (SSSR count). The van der Waals surface area contributed by atoms with E-state index in [1.54, 1.807) is 6.08 Å². The molecule has 4 N–H and O–H groups in total. The first-order chi connectivity index (χ1) is 13.3. The van der Waals surface area contributed by atoms with Gasteiger partial charge in [-0.3, -0.25) is 9.59 Å². The maximum Gasteiger partial charge on any atom is 0.263 e. The van der Waals surface area contributed by atoms with Crippen LogP contribution in [-0.4, -0.2) is 22.8 Å². The normalized spacial score (nSPS) is 12.8. The van der Waals surface area contributed by atoms with Gasteiger partial charge in [0.05, 0.1) is 0 Å². The van der Waals surface area contributed by atoms with Crippen LogP contribution in [-0.2, 0) is 9.59 Å². The molecule has 3 aromatic rings. The molecular formula is C22H22ClN3O2. The monoisotopic (exact) mass is 395 g/mol. The summed E-state index contributed by atoms with van der Waals surface area (Å²) in [6, 6.07) is 11.6. The number of aryl methyl sites for hydroxylation is 2. The van der Waals surface area contributed by atoms with Gasteiger partial charge in [0.15, 0.2) is 0 Å². The second kappa shape index (κ2) is 7.90. The second-order valence-electron chi connectivity index (χ2n) is 6.89. The summed E-state index contributed by atoms with van der Waals surface area (Å²) in [6.07, 6.45) is 3.53. The minimum Gasteiger partial charge on any atom is -0.368 e. The van der Waals surface area contributed by atoms with Crippen molar-refractivity contribution in [2.24, 2.45) is 5.73 Å². The molecule has 0 aliphatic heterocycles. The van der Waals surface area contributed by atoms with Crippen LogP contribution in [0.5, 0.6) is 0 Å². The summed E-state index contributed by atoms with van der Waals surface area (Å²) >= 11 is 6.14. The molecule has 6 heteroatoms. The number of hydrogen-bond donors (Lipinski definition) is 3. The van der Waals surface area contributed by atoms with Crippen LogP contribution in [0, 0.1) is 13.8 Å². The van der Waals surface area contributed by atoms with Crippen LogP contribution in [0.4, 0.5) is 0 Å². The molecule has 0 unspecified atom stereocenters. The van der Waals surface area contributed by atoms with Crippen LogP contribution in [0.25, 0.3) is 28.1 Å². The first-order valence-electron chi connectivity index (χ1n) is 8.92. The van der Waals surface area contributed by atoms with Gasteiger partial charge in [-0.1, -0.05) is 29.8 Å². The number of amides is 2. The molecule has 1 heterocycles. The van der Waals surface area contributed by atoms with E-state index in [2.05, 4.69) is 34.6 Å². The molecule has 2 amide bonds. The van der Waals surface area contributed by atoms with Gasteiger partial charge in [0.25, 0.3) is 5.91 Å². The highest BCUT2D eigenvalue weighted by atomic mass is 35.5. The highest BCUT2D eigenvalue weighted by Gasteiger charge is 2.15.